The Kier molecular flexibility index (Phi) is 5.32. The minimum Gasteiger partial charge on any atom is -0.336 e. The minimum atomic E-state index is -0.458. The van der Waals surface area contributed by atoms with Crippen LogP contribution < -0.4 is 10.6 Å². The highest BCUT2D eigenvalue weighted by molar-refractivity contribution is 5.89. The number of carbonyl (C=O) groups is 1. The number of fused-ring (bicyclic) bond motifs is 1. The summed E-state index contributed by atoms with van der Waals surface area (Å²) in [4.78, 5) is 16.1. The molecular formula is C21H22FN5O. The van der Waals surface area contributed by atoms with Gasteiger partial charge >= 0.3 is 6.03 Å². The van der Waals surface area contributed by atoms with Crippen LogP contribution in [0.4, 0.5) is 14.9 Å². The van der Waals surface area contributed by atoms with Crippen LogP contribution in [0.25, 0.3) is 11.3 Å². The summed E-state index contributed by atoms with van der Waals surface area (Å²) in [7, 11) is 0. The fourth-order valence-electron chi connectivity index (χ4n) is 3.60. The number of urea groups is 1. The number of benzene rings is 1. The Morgan fingerprint density at radius 1 is 1.11 bits per heavy atom. The first-order chi connectivity index (χ1) is 13.7. The van der Waals surface area contributed by atoms with Crippen LogP contribution in [0.1, 0.15) is 24.1 Å². The molecule has 0 bridgehead atoms. The number of hydrogen-bond acceptors (Lipinski definition) is 3. The van der Waals surface area contributed by atoms with E-state index < -0.39 is 11.8 Å². The SMILES string of the molecule is O=C(NCCn1nc(-c2ccncc2)c2c1CCCC2)Nc1ccccc1F. The highest BCUT2D eigenvalue weighted by Gasteiger charge is 2.21. The molecule has 2 heterocycles. The molecule has 2 aromatic heterocycles. The first kappa shape index (κ1) is 18.2. The largest absolute Gasteiger partial charge is 0.336 e. The van der Waals surface area contributed by atoms with Crippen LogP contribution in [-0.2, 0) is 19.4 Å². The van der Waals surface area contributed by atoms with Gasteiger partial charge < -0.3 is 10.6 Å². The zero-order valence-electron chi connectivity index (χ0n) is 15.5. The monoisotopic (exact) mass is 379 g/mol. The van der Waals surface area contributed by atoms with Gasteiger partial charge in [0.1, 0.15) is 5.82 Å². The normalized spacial score (nSPS) is 13.0. The maximum atomic E-state index is 13.6. The summed E-state index contributed by atoms with van der Waals surface area (Å²) in [6.07, 6.45) is 7.88. The molecule has 0 atom stereocenters. The number of aromatic nitrogens is 3. The maximum Gasteiger partial charge on any atom is 0.319 e. The molecule has 2 N–H and O–H groups in total. The predicted octanol–water partition coefficient (Wildman–Crippen LogP) is 3.78. The van der Waals surface area contributed by atoms with Crippen molar-refractivity contribution in [3.8, 4) is 11.3 Å². The van der Waals surface area contributed by atoms with E-state index in [4.69, 9.17) is 5.10 Å². The first-order valence-corrected chi connectivity index (χ1v) is 9.50. The van der Waals surface area contributed by atoms with Crippen molar-refractivity contribution >= 4 is 11.7 Å². The lowest BCUT2D eigenvalue weighted by Gasteiger charge is -2.14. The molecule has 1 aliphatic carbocycles. The summed E-state index contributed by atoms with van der Waals surface area (Å²) in [5.74, 6) is -0.458. The number of anilines is 1. The minimum absolute atomic E-state index is 0.163. The number of amides is 2. The zero-order chi connectivity index (χ0) is 19.3. The average Bonchev–Trinajstić information content (AvgIpc) is 3.09. The second-order valence-electron chi connectivity index (χ2n) is 6.80. The molecule has 6 nitrogen and oxygen atoms in total. The van der Waals surface area contributed by atoms with Crippen molar-refractivity contribution in [2.45, 2.75) is 32.2 Å². The molecule has 4 rings (SSSR count). The Morgan fingerprint density at radius 3 is 2.71 bits per heavy atom. The van der Waals surface area contributed by atoms with Crippen LogP contribution in [0.5, 0.6) is 0 Å². The molecule has 3 aromatic rings. The number of hydrogen-bond donors (Lipinski definition) is 2. The predicted molar refractivity (Wildman–Crippen MR) is 106 cm³/mol. The highest BCUT2D eigenvalue weighted by atomic mass is 19.1. The van der Waals surface area contributed by atoms with Crippen LogP contribution in [0.2, 0.25) is 0 Å². The highest BCUT2D eigenvalue weighted by Crippen LogP contribution is 2.30. The van der Waals surface area contributed by atoms with E-state index in [1.54, 1.807) is 24.5 Å². The topological polar surface area (TPSA) is 71.8 Å². The van der Waals surface area contributed by atoms with E-state index >= 15 is 0 Å². The third-order valence-electron chi connectivity index (χ3n) is 4.94. The Balaban J connectivity index is 1.43. The lowest BCUT2D eigenvalue weighted by atomic mass is 9.94. The quantitative estimate of drug-likeness (QED) is 0.709. The van der Waals surface area contributed by atoms with Gasteiger partial charge in [-0.1, -0.05) is 12.1 Å². The van der Waals surface area contributed by atoms with Crippen molar-refractivity contribution in [3.05, 3.63) is 65.9 Å². The summed E-state index contributed by atoms with van der Waals surface area (Å²) >= 11 is 0. The smallest absolute Gasteiger partial charge is 0.319 e. The molecule has 0 unspecified atom stereocenters. The number of para-hydroxylation sites is 1. The molecule has 0 radical (unpaired) electrons. The van der Waals surface area contributed by atoms with Gasteiger partial charge in [0.2, 0.25) is 0 Å². The number of halogens is 1. The van der Waals surface area contributed by atoms with Gasteiger partial charge in [0.05, 0.1) is 17.9 Å². The van der Waals surface area contributed by atoms with Crippen molar-refractivity contribution in [1.29, 1.82) is 0 Å². The van der Waals surface area contributed by atoms with Crippen LogP contribution in [0.3, 0.4) is 0 Å². The molecule has 0 saturated carbocycles. The van der Waals surface area contributed by atoms with Crippen molar-refractivity contribution in [3.63, 3.8) is 0 Å². The molecule has 0 fully saturated rings. The molecule has 0 aliphatic heterocycles. The second-order valence-corrected chi connectivity index (χ2v) is 6.80. The zero-order valence-corrected chi connectivity index (χ0v) is 15.5. The molecular weight excluding hydrogens is 357 g/mol. The Labute approximate surface area is 162 Å². The Hall–Kier alpha value is -3.22. The molecule has 144 valence electrons. The first-order valence-electron chi connectivity index (χ1n) is 9.50. The molecule has 2 amide bonds. The van der Waals surface area contributed by atoms with Crippen LogP contribution in [0.15, 0.2) is 48.8 Å². The van der Waals surface area contributed by atoms with Crippen molar-refractivity contribution in [2.24, 2.45) is 0 Å². The summed E-state index contributed by atoms with van der Waals surface area (Å²) < 4.78 is 15.6. The van der Waals surface area contributed by atoms with E-state index in [9.17, 15) is 9.18 Å². The average molecular weight is 379 g/mol. The summed E-state index contributed by atoms with van der Waals surface area (Å²) in [5.41, 5.74) is 4.78. The van der Waals surface area contributed by atoms with E-state index in [2.05, 4.69) is 15.6 Å². The third-order valence-corrected chi connectivity index (χ3v) is 4.94. The van der Waals surface area contributed by atoms with Crippen LogP contribution >= 0.6 is 0 Å². The number of nitrogens with zero attached hydrogens (tertiary/aromatic N) is 3. The van der Waals surface area contributed by atoms with E-state index in [1.165, 1.54) is 29.8 Å². The standard InChI is InChI=1S/C21H22FN5O/c22-17-6-2-3-7-18(17)25-21(28)24-13-14-27-19-8-4-1-5-16(19)20(26-27)15-9-11-23-12-10-15/h2-3,6-7,9-12H,1,4-5,8,13-14H2,(H2,24,25,28). The number of rotatable bonds is 5. The Bertz CT molecular complexity index is 970. The molecule has 28 heavy (non-hydrogen) atoms. The van der Waals surface area contributed by atoms with E-state index in [0.717, 1.165) is 30.5 Å². The summed E-state index contributed by atoms with van der Waals surface area (Å²) in [5, 5.41) is 10.1. The van der Waals surface area contributed by atoms with Gasteiger partial charge in [-0.05, 0) is 49.9 Å². The van der Waals surface area contributed by atoms with Gasteiger partial charge in [-0.3, -0.25) is 9.67 Å². The fraction of sp³-hybridized carbons (Fsp3) is 0.286. The summed E-state index contributed by atoms with van der Waals surface area (Å²) in [6, 6.07) is 9.62. The van der Waals surface area contributed by atoms with Crippen LogP contribution in [-0.4, -0.2) is 27.3 Å². The van der Waals surface area contributed by atoms with E-state index in [1.807, 2.05) is 16.8 Å². The summed E-state index contributed by atoms with van der Waals surface area (Å²) in [6.45, 7) is 0.975. The van der Waals surface area contributed by atoms with Gasteiger partial charge in [0, 0.05) is 35.8 Å². The van der Waals surface area contributed by atoms with Crippen molar-refractivity contribution in [1.82, 2.24) is 20.1 Å². The van der Waals surface area contributed by atoms with Crippen LogP contribution in [0, 0.1) is 5.82 Å². The molecule has 0 spiro atoms. The maximum absolute atomic E-state index is 13.6. The van der Waals surface area contributed by atoms with Crippen molar-refractivity contribution < 1.29 is 9.18 Å². The fourth-order valence-corrected chi connectivity index (χ4v) is 3.60. The second kappa shape index (κ2) is 8.21. The number of pyridine rings is 1. The lowest BCUT2D eigenvalue weighted by molar-refractivity contribution is 0.251. The molecule has 7 heteroatoms. The van der Waals surface area contributed by atoms with Gasteiger partial charge in [-0.2, -0.15) is 5.10 Å². The molecule has 0 saturated heterocycles. The van der Waals surface area contributed by atoms with Gasteiger partial charge in [0.25, 0.3) is 0 Å². The lowest BCUT2D eigenvalue weighted by Crippen LogP contribution is -2.32. The van der Waals surface area contributed by atoms with Gasteiger partial charge in [-0.15, -0.1) is 0 Å². The third kappa shape index (κ3) is 3.88. The van der Waals surface area contributed by atoms with Gasteiger partial charge in [-0.25, -0.2) is 9.18 Å². The van der Waals surface area contributed by atoms with Crippen molar-refractivity contribution in [2.75, 3.05) is 11.9 Å². The number of nitrogens with one attached hydrogen (secondary N) is 2. The Morgan fingerprint density at radius 2 is 1.89 bits per heavy atom. The van der Waals surface area contributed by atoms with Gasteiger partial charge in [0.15, 0.2) is 0 Å². The molecule has 1 aliphatic rings. The van der Waals surface area contributed by atoms with E-state index in [0.29, 0.717) is 13.1 Å². The molecule has 1 aromatic carbocycles. The number of carbonyl (C=O) groups excluding carboxylic acids is 1. The van der Waals surface area contributed by atoms with E-state index in [-0.39, 0.29) is 5.69 Å².